The van der Waals surface area contributed by atoms with Gasteiger partial charge in [-0.3, -0.25) is 4.79 Å². The number of hydrogen-bond donors (Lipinski definition) is 3. The van der Waals surface area contributed by atoms with Crippen LogP contribution in [0.4, 0.5) is 16.2 Å². The van der Waals surface area contributed by atoms with E-state index in [-0.39, 0.29) is 11.9 Å². The van der Waals surface area contributed by atoms with Gasteiger partial charge in [0.15, 0.2) is 0 Å². The van der Waals surface area contributed by atoms with E-state index in [9.17, 15) is 9.59 Å². The molecule has 25 heavy (non-hydrogen) atoms. The molecule has 1 fully saturated rings. The van der Waals surface area contributed by atoms with Crippen molar-refractivity contribution < 1.29 is 9.59 Å². The standard InChI is InChI=1S/C18H18ClN3O2S/c19-12-5-7-13(8-6-12)21-18(24)22-16-4-2-1-3-15(16)17(23)20-14-9-10-25-11-14/h1-8,14H,9-11H2,(H,20,23)(H2,21,22,24)/t14-/m1/s1. The average molecular weight is 376 g/mol. The minimum Gasteiger partial charge on any atom is -0.348 e. The molecule has 1 heterocycles. The zero-order chi connectivity index (χ0) is 17.6. The molecule has 5 nitrogen and oxygen atoms in total. The van der Waals surface area contributed by atoms with Gasteiger partial charge in [0, 0.05) is 22.5 Å². The summed E-state index contributed by atoms with van der Waals surface area (Å²) in [5, 5.41) is 9.06. The quantitative estimate of drug-likeness (QED) is 0.749. The topological polar surface area (TPSA) is 70.2 Å². The highest BCUT2D eigenvalue weighted by Gasteiger charge is 2.20. The summed E-state index contributed by atoms with van der Waals surface area (Å²) in [6.45, 7) is 0. The number of carbonyl (C=O) groups is 2. The monoisotopic (exact) mass is 375 g/mol. The molecule has 0 spiro atoms. The Morgan fingerprint density at radius 3 is 2.52 bits per heavy atom. The number of hydrogen-bond acceptors (Lipinski definition) is 3. The van der Waals surface area contributed by atoms with Gasteiger partial charge in [-0.2, -0.15) is 11.8 Å². The molecule has 3 N–H and O–H groups in total. The maximum absolute atomic E-state index is 12.5. The van der Waals surface area contributed by atoms with Crippen LogP contribution in [0.2, 0.25) is 5.02 Å². The summed E-state index contributed by atoms with van der Waals surface area (Å²) >= 11 is 7.66. The van der Waals surface area contributed by atoms with Crippen molar-refractivity contribution in [2.24, 2.45) is 0 Å². The minimum absolute atomic E-state index is 0.171. The summed E-state index contributed by atoms with van der Waals surface area (Å²) in [5.41, 5.74) is 1.54. The molecule has 0 radical (unpaired) electrons. The first kappa shape index (κ1) is 17.6. The highest BCUT2D eigenvalue weighted by molar-refractivity contribution is 7.99. The highest BCUT2D eigenvalue weighted by atomic mass is 35.5. The van der Waals surface area contributed by atoms with E-state index < -0.39 is 6.03 Å². The molecule has 130 valence electrons. The molecule has 0 bridgehead atoms. The van der Waals surface area contributed by atoms with Crippen molar-refractivity contribution in [1.29, 1.82) is 0 Å². The molecular formula is C18H18ClN3O2S. The molecule has 3 rings (SSSR count). The number of rotatable bonds is 4. The van der Waals surface area contributed by atoms with E-state index >= 15 is 0 Å². The van der Waals surface area contributed by atoms with Crippen molar-refractivity contribution >= 4 is 46.7 Å². The van der Waals surface area contributed by atoms with Crippen LogP contribution in [0.25, 0.3) is 0 Å². The Balaban J connectivity index is 1.66. The fourth-order valence-corrected chi connectivity index (χ4v) is 3.80. The van der Waals surface area contributed by atoms with Crippen molar-refractivity contribution in [2.45, 2.75) is 12.5 Å². The maximum Gasteiger partial charge on any atom is 0.323 e. The van der Waals surface area contributed by atoms with Crippen molar-refractivity contribution in [3.05, 3.63) is 59.1 Å². The smallest absolute Gasteiger partial charge is 0.323 e. The second-order valence-corrected chi connectivity index (χ2v) is 7.25. The lowest BCUT2D eigenvalue weighted by Gasteiger charge is -2.15. The van der Waals surface area contributed by atoms with Gasteiger partial charge in [0.25, 0.3) is 5.91 Å². The van der Waals surface area contributed by atoms with Crippen LogP contribution in [0.5, 0.6) is 0 Å². The number of nitrogens with one attached hydrogen (secondary N) is 3. The van der Waals surface area contributed by atoms with Gasteiger partial charge in [0.05, 0.1) is 11.3 Å². The molecule has 1 aliphatic heterocycles. The number of thioether (sulfide) groups is 1. The van der Waals surface area contributed by atoms with Crippen LogP contribution >= 0.6 is 23.4 Å². The molecule has 1 aliphatic rings. The molecule has 7 heteroatoms. The Morgan fingerprint density at radius 1 is 1.04 bits per heavy atom. The Labute approximate surface area is 155 Å². The second-order valence-electron chi connectivity index (χ2n) is 5.67. The van der Waals surface area contributed by atoms with Crippen LogP contribution < -0.4 is 16.0 Å². The number of benzene rings is 2. The summed E-state index contributed by atoms with van der Waals surface area (Å²) in [5.74, 6) is 1.82. The van der Waals surface area contributed by atoms with Crippen molar-refractivity contribution in [1.82, 2.24) is 5.32 Å². The van der Waals surface area contributed by atoms with Gasteiger partial charge in [0.1, 0.15) is 0 Å². The number of amides is 3. The fraction of sp³-hybridized carbons (Fsp3) is 0.222. The van der Waals surface area contributed by atoms with Crippen molar-refractivity contribution in [3.8, 4) is 0 Å². The molecule has 1 atom stereocenters. The molecule has 2 aromatic rings. The Kier molecular flexibility index (Phi) is 5.83. The summed E-state index contributed by atoms with van der Waals surface area (Å²) in [6, 6.07) is 13.5. The molecule has 0 aromatic heterocycles. The largest absolute Gasteiger partial charge is 0.348 e. The molecule has 0 saturated carbocycles. The fourth-order valence-electron chi connectivity index (χ4n) is 2.52. The third kappa shape index (κ3) is 4.90. The SMILES string of the molecule is O=C(Nc1ccc(Cl)cc1)Nc1ccccc1C(=O)N[C@@H]1CCSC1. The summed E-state index contributed by atoms with van der Waals surface area (Å²) in [4.78, 5) is 24.7. The van der Waals surface area contributed by atoms with Gasteiger partial charge in [-0.05, 0) is 48.6 Å². The van der Waals surface area contributed by atoms with Gasteiger partial charge < -0.3 is 16.0 Å². The highest BCUT2D eigenvalue weighted by Crippen LogP contribution is 2.20. The van der Waals surface area contributed by atoms with Crippen LogP contribution in [0.15, 0.2) is 48.5 Å². The lowest BCUT2D eigenvalue weighted by molar-refractivity contribution is 0.0942. The van der Waals surface area contributed by atoms with Crippen LogP contribution in [-0.4, -0.2) is 29.5 Å². The van der Waals surface area contributed by atoms with Gasteiger partial charge in [0.2, 0.25) is 0 Å². The van der Waals surface area contributed by atoms with Gasteiger partial charge in [-0.15, -0.1) is 0 Å². The van der Waals surface area contributed by atoms with Crippen LogP contribution in [0.1, 0.15) is 16.8 Å². The van der Waals surface area contributed by atoms with Crippen LogP contribution in [0, 0.1) is 0 Å². The number of para-hydroxylation sites is 1. The summed E-state index contributed by atoms with van der Waals surface area (Å²) in [7, 11) is 0. The molecule has 0 unspecified atom stereocenters. The van der Waals surface area contributed by atoms with Crippen LogP contribution in [-0.2, 0) is 0 Å². The van der Waals surface area contributed by atoms with E-state index in [0.29, 0.717) is 22.0 Å². The van der Waals surface area contributed by atoms with E-state index in [2.05, 4.69) is 16.0 Å². The first-order valence-electron chi connectivity index (χ1n) is 7.93. The second kappa shape index (κ2) is 8.27. The third-order valence-electron chi connectivity index (χ3n) is 3.79. The third-order valence-corrected chi connectivity index (χ3v) is 5.20. The van der Waals surface area contributed by atoms with Crippen molar-refractivity contribution in [2.75, 3.05) is 22.1 Å². The van der Waals surface area contributed by atoms with Crippen LogP contribution in [0.3, 0.4) is 0 Å². The first-order valence-corrected chi connectivity index (χ1v) is 9.46. The zero-order valence-corrected chi connectivity index (χ0v) is 15.0. The predicted molar refractivity (Wildman–Crippen MR) is 104 cm³/mol. The molecule has 1 saturated heterocycles. The molecule has 0 aliphatic carbocycles. The number of anilines is 2. The number of carbonyl (C=O) groups excluding carboxylic acids is 2. The molecular weight excluding hydrogens is 358 g/mol. The van der Waals surface area contributed by atoms with E-state index in [4.69, 9.17) is 11.6 Å². The lowest BCUT2D eigenvalue weighted by Crippen LogP contribution is -2.35. The van der Waals surface area contributed by atoms with Gasteiger partial charge in [-0.25, -0.2) is 4.79 Å². The van der Waals surface area contributed by atoms with E-state index in [1.54, 1.807) is 48.5 Å². The Hall–Kier alpha value is -2.18. The van der Waals surface area contributed by atoms with E-state index in [1.807, 2.05) is 11.8 Å². The Bertz CT molecular complexity index is 761. The average Bonchev–Trinajstić information content (AvgIpc) is 3.10. The zero-order valence-electron chi connectivity index (χ0n) is 13.4. The normalized spacial score (nSPS) is 16.3. The first-order chi connectivity index (χ1) is 12.1. The predicted octanol–water partition coefficient (Wildman–Crippen LogP) is 4.22. The molecule has 3 amide bonds. The summed E-state index contributed by atoms with van der Waals surface area (Å²) in [6.07, 6.45) is 0.975. The van der Waals surface area contributed by atoms with Crippen molar-refractivity contribution in [3.63, 3.8) is 0 Å². The van der Waals surface area contributed by atoms with Gasteiger partial charge >= 0.3 is 6.03 Å². The maximum atomic E-state index is 12.5. The van der Waals surface area contributed by atoms with E-state index in [0.717, 1.165) is 17.9 Å². The number of halogens is 1. The lowest BCUT2D eigenvalue weighted by atomic mass is 10.1. The molecule has 2 aromatic carbocycles. The Morgan fingerprint density at radius 2 is 1.80 bits per heavy atom. The summed E-state index contributed by atoms with van der Waals surface area (Å²) < 4.78 is 0. The van der Waals surface area contributed by atoms with E-state index in [1.165, 1.54) is 0 Å². The number of urea groups is 1. The minimum atomic E-state index is -0.418. The van der Waals surface area contributed by atoms with Gasteiger partial charge in [-0.1, -0.05) is 23.7 Å².